The third kappa shape index (κ3) is 5.35. The molecule has 5 nitrogen and oxygen atoms in total. The average Bonchev–Trinajstić information content (AvgIpc) is 2.43. The van der Waals surface area contributed by atoms with Crippen LogP contribution in [0, 0.1) is 0 Å². The molecule has 0 atom stereocenters. The lowest BCUT2D eigenvalue weighted by Crippen LogP contribution is -2.23. The van der Waals surface area contributed by atoms with Crippen LogP contribution in [0.5, 0.6) is 0 Å². The molecule has 1 aromatic rings. The molecule has 0 heterocycles. The van der Waals surface area contributed by atoms with E-state index in [9.17, 15) is 9.59 Å². The van der Waals surface area contributed by atoms with Crippen molar-refractivity contribution in [3.8, 4) is 0 Å². The lowest BCUT2D eigenvalue weighted by Gasteiger charge is -2.06. The van der Waals surface area contributed by atoms with Crippen LogP contribution in [0.1, 0.15) is 23.2 Å². The van der Waals surface area contributed by atoms with Gasteiger partial charge in [-0.1, -0.05) is 6.08 Å². The highest BCUT2D eigenvalue weighted by molar-refractivity contribution is 5.95. The maximum absolute atomic E-state index is 11.6. The van der Waals surface area contributed by atoms with Crippen LogP contribution in [-0.2, 0) is 4.79 Å². The molecule has 19 heavy (non-hydrogen) atoms. The summed E-state index contributed by atoms with van der Waals surface area (Å²) in [6.45, 7) is 3.93. The number of nitrogens with one attached hydrogen (secondary N) is 2. The van der Waals surface area contributed by atoms with Gasteiger partial charge in [0.15, 0.2) is 0 Å². The zero-order chi connectivity index (χ0) is 14.1. The topological polar surface area (TPSA) is 78.4 Å². The molecule has 0 saturated carbocycles. The molecule has 102 valence electrons. The number of hydrogen-bond acceptors (Lipinski definition) is 3. The molecule has 0 aliphatic heterocycles. The van der Waals surface area contributed by atoms with Crippen molar-refractivity contribution in [1.82, 2.24) is 5.32 Å². The first-order valence-corrected chi connectivity index (χ1v) is 6.07. The summed E-state index contributed by atoms with van der Waals surface area (Å²) in [5.41, 5.74) is 1.15. The first kappa shape index (κ1) is 14.9. The minimum absolute atomic E-state index is 0.00413. The molecule has 2 amide bonds. The number of hydrogen-bond donors (Lipinski definition) is 3. The minimum atomic E-state index is -0.182. The Balaban J connectivity index is 2.53. The van der Waals surface area contributed by atoms with Gasteiger partial charge in [-0.3, -0.25) is 9.59 Å². The molecule has 0 aliphatic carbocycles. The fraction of sp³-hybridized carbons (Fsp3) is 0.286. The molecule has 0 unspecified atom stereocenters. The van der Waals surface area contributed by atoms with E-state index in [1.165, 1.54) is 0 Å². The Kier molecular flexibility index (Phi) is 6.32. The van der Waals surface area contributed by atoms with Crippen LogP contribution in [0.4, 0.5) is 5.69 Å². The third-order valence-corrected chi connectivity index (χ3v) is 2.40. The fourth-order valence-corrected chi connectivity index (χ4v) is 1.43. The normalized spacial score (nSPS) is 9.74. The summed E-state index contributed by atoms with van der Waals surface area (Å²) in [5, 5.41) is 14.0. The van der Waals surface area contributed by atoms with Crippen molar-refractivity contribution in [2.75, 3.05) is 18.5 Å². The van der Waals surface area contributed by atoms with Crippen LogP contribution in [0.3, 0.4) is 0 Å². The Morgan fingerprint density at radius 2 is 1.95 bits per heavy atom. The number of aliphatic hydroxyl groups excluding tert-OH is 1. The van der Waals surface area contributed by atoms with Crippen molar-refractivity contribution < 1.29 is 14.7 Å². The van der Waals surface area contributed by atoms with Crippen LogP contribution in [-0.4, -0.2) is 30.1 Å². The van der Waals surface area contributed by atoms with Crippen LogP contribution in [0.25, 0.3) is 0 Å². The summed E-state index contributed by atoms with van der Waals surface area (Å²) in [6.07, 6.45) is 2.32. The zero-order valence-corrected chi connectivity index (χ0v) is 10.7. The van der Waals surface area contributed by atoms with Crippen LogP contribution in [0.2, 0.25) is 0 Å². The van der Waals surface area contributed by atoms with E-state index in [1.807, 2.05) is 0 Å². The van der Waals surface area contributed by atoms with Gasteiger partial charge in [-0.2, -0.15) is 0 Å². The predicted molar refractivity (Wildman–Crippen MR) is 73.9 cm³/mol. The van der Waals surface area contributed by atoms with Crippen LogP contribution >= 0.6 is 0 Å². The highest BCUT2D eigenvalue weighted by Crippen LogP contribution is 2.10. The zero-order valence-electron chi connectivity index (χ0n) is 10.7. The number of anilines is 1. The Morgan fingerprint density at radius 1 is 1.26 bits per heavy atom. The summed E-state index contributed by atoms with van der Waals surface area (Å²) >= 11 is 0. The lowest BCUT2D eigenvalue weighted by atomic mass is 10.2. The molecule has 3 N–H and O–H groups in total. The summed E-state index contributed by atoms with van der Waals surface area (Å²) in [7, 11) is 0. The second kappa shape index (κ2) is 8.05. The van der Waals surface area contributed by atoms with Gasteiger partial charge >= 0.3 is 0 Å². The van der Waals surface area contributed by atoms with Crippen molar-refractivity contribution in [3.05, 3.63) is 42.5 Å². The molecular weight excluding hydrogens is 244 g/mol. The van der Waals surface area contributed by atoms with E-state index in [2.05, 4.69) is 17.2 Å². The van der Waals surface area contributed by atoms with Gasteiger partial charge in [-0.25, -0.2) is 0 Å². The predicted octanol–water partition coefficient (Wildman–Crippen LogP) is 1.31. The average molecular weight is 262 g/mol. The highest BCUT2D eigenvalue weighted by Gasteiger charge is 2.05. The second-order valence-corrected chi connectivity index (χ2v) is 3.95. The summed E-state index contributed by atoms with van der Waals surface area (Å²) < 4.78 is 0. The summed E-state index contributed by atoms with van der Waals surface area (Å²) in [4.78, 5) is 23.0. The van der Waals surface area contributed by atoms with Gasteiger partial charge in [-0.05, 0) is 30.7 Å². The SMILES string of the molecule is C=CCNC(=O)c1ccc(NC(=O)CCCO)cc1. The maximum Gasteiger partial charge on any atom is 0.251 e. The van der Waals surface area contributed by atoms with Crippen LogP contribution in [0.15, 0.2) is 36.9 Å². The van der Waals surface area contributed by atoms with Gasteiger partial charge in [-0.15, -0.1) is 6.58 Å². The lowest BCUT2D eigenvalue weighted by molar-refractivity contribution is -0.116. The monoisotopic (exact) mass is 262 g/mol. The Bertz CT molecular complexity index is 441. The third-order valence-electron chi connectivity index (χ3n) is 2.40. The number of carbonyl (C=O) groups excluding carboxylic acids is 2. The van der Waals surface area contributed by atoms with Crippen molar-refractivity contribution >= 4 is 17.5 Å². The molecule has 0 aromatic heterocycles. The Labute approximate surface area is 112 Å². The maximum atomic E-state index is 11.6. The molecule has 1 aromatic carbocycles. The van der Waals surface area contributed by atoms with Gasteiger partial charge in [0.1, 0.15) is 0 Å². The van der Waals surface area contributed by atoms with Crippen LogP contribution < -0.4 is 10.6 Å². The van der Waals surface area contributed by atoms with Gasteiger partial charge in [0.25, 0.3) is 5.91 Å². The fourth-order valence-electron chi connectivity index (χ4n) is 1.43. The van der Waals surface area contributed by atoms with Crippen molar-refractivity contribution in [1.29, 1.82) is 0 Å². The molecule has 0 aliphatic rings. The van der Waals surface area contributed by atoms with Gasteiger partial charge < -0.3 is 15.7 Å². The minimum Gasteiger partial charge on any atom is -0.396 e. The molecule has 0 saturated heterocycles. The van der Waals surface area contributed by atoms with Gasteiger partial charge in [0.05, 0.1) is 0 Å². The smallest absolute Gasteiger partial charge is 0.251 e. The molecule has 0 radical (unpaired) electrons. The summed E-state index contributed by atoms with van der Waals surface area (Å²) in [6, 6.07) is 6.61. The number of amides is 2. The number of carbonyl (C=O) groups is 2. The molecule has 0 spiro atoms. The van der Waals surface area contributed by atoms with E-state index in [4.69, 9.17) is 5.11 Å². The van der Waals surface area contributed by atoms with Crippen molar-refractivity contribution in [2.45, 2.75) is 12.8 Å². The first-order chi connectivity index (χ1) is 9.17. The molecular formula is C14H18N2O3. The Hall–Kier alpha value is -2.14. The van der Waals surface area contributed by atoms with Crippen molar-refractivity contribution in [3.63, 3.8) is 0 Å². The molecule has 0 bridgehead atoms. The van der Waals surface area contributed by atoms with E-state index in [0.29, 0.717) is 24.2 Å². The van der Waals surface area contributed by atoms with E-state index in [1.54, 1.807) is 30.3 Å². The Morgan fingerprint density at radius 3 is 2.53 bits per heavy atom. The van der Waals surface area contributed by atoms with E-state index >= 15 is 0 Å². The van der Waals surface area contributed by atoms with E-state index in [-0.39, 0.29) is 24.8 Å². The number of aliphatic hydroxyl groups is 1. The second-order valence-electron chi connectivity index (χ2n) is 3.95. The number of benzene rings is 1. The molecule has 5 heteroatoms. The quantitative estimate of drug-likeness (QED) is 0.648. The first-order valence-electron chi connectivity index (χ1n) is 6.07. The van der Waals surface area contributed by atoms with Crippen molar-refractivity contribution in [2.24, 2.45) is 0 Å². The van der Waals surface area contributed by atoms with Gasteiger partial charge in [0.2, 0.25) is 5.91 Å². The standard InChI is InChI=1S/C14H18N2O3/c1-2-9-15-14(19)11-5-7-12(8-6-11)16-13(18)4-3-10-17/h2,5-8,17H,1,3-4,9-10H2,(H,15,19)(H,16,18). The molecule has 0 fully saturated rings. The highest BCUT2D eigenvalue weighted by atomic mass is 16.3. The number of rotatable bonds is 7. The van der Waals surface area contributed by atoms with E-state index in [0.717, 1.165) is 0 Å². The summed E-state index contributed by atoms with van der Waals surface area (Å²) in [5.74, 6) is -0.337. The van der Waals surface area contributed by atoms with E-state index < -0.39 is 0 Å². The van der Waals surface area contributed by atoms with Gasteiger partial charge in [0, 0.05) is 30.8 Å². The largest absolute Gasteiger partial charge is 0.396 e. The molecule has 1 rings (SSSR count).